The lowest BCUT2D eigenvalue weighted by atomic mass is 10.2. The number of hydrogen-bond donors (Lipinski definition) is 2. The summed E-state index contributed by atoms with van der Waals surface area (Å²) >= 11 is 0. The number of nitrogens with one attached hydrogen (secondary N) is 2. The molecular formula is C17H24N4O5. The van der Waals surface area contributed by atoms with E-state index >= 15 is 0 Å². The lowest BCUT2D eigenvalue weighted by Gasteiger charge is -2.22. The van der Waals surface area contributed by atoms with Gasteiger partial charge >= 0.3 is 6.09 Å². The Hall–Kier alpha value is -2.84. The molecule has 1 aromatic carbocycles. The summed E-state index contributed by atoms with van der Waals surface area (Å²) in [6.07, 6.45) is 0.233. The van der Waals surface area contributed by atoms with E-state index in [9.17, 15) is 19.7 Å². The molecule has 0 unspecified atom stereocenters. The van der Waals surface area contributed by atoms with Crippen molar-refractivity contribution >= 4 is 29.1 Å². The molecule has 0 aromatic heterocycles. The quantitative estimate of drug-likeness (QED) is 0.627. The zero-order chi connectivity index (χ0) is 19.5. The smallest absolute Gasteiger partial charge is 0.407 e. The molecule has 0 radical (unpaired) electrons. The van der Waals surface area contributed by atoms with E-state index in [0.29, 0.717) is 25.2 Å². The van der Waals surface area contributed by atoms with Crippen LogP contribution in [0.15, 0.2) is 18.2 Å². The van der Waals surface area contributed by atoms with Gasteiger partial charge in [-0.1, -0.05) is 0 Å². The van der Waals surface area contributed by atoms with E-state index in [0.717, 1.165) is 0 Å². The van der Waals surface area contributed by atoms with Crippen molar-refractivity contribution in [2.45, 2.75) is 45.8 Å². The summed E-state index contributed by atoms with van der Waals surface area (Å²) in [5, 5.41) is 16.5. The Kier molecular flexibility index (Phi) is 5.69. The number of nitro benzene ring substituents is 1. The largest absolute Gasteiger partial charge is 0.444 e. The van der Waals surface area contributed by atoms with Crippen LogP contribution in [0.2, 0.25) is 0 Å². The maximum absolute atomic E-state index is 11.9. The van der Waals surface area contributed by atoms with Gasteiger partial charge in [-0.2, -0.15) is 0 Å². The van der Waals surface area contributed by atoms with Crippen LogP contribution in [0.1, 0.15) is 34.1 Å². The van der Waals surface area contributed by atoms with Crippen LogP contribution in [0.25, 0.3) is 0 Å². The third-order valence-electron chi connectivity index (χ3n) is 3.76. The number of anilines is 2. The van der Waals surface area contributed by atoms with Gasteiger partial charge in [-0.05, 0) is 39.3 Å². The van der Waals surface area contributed by atoms with Gasteiger partial charge in [0.25, 0.3) is 5.69 Å². The van der Waals surface area contributed by atoms with Crippen LogP contribution < -0.4 is 15.5 Å². The molecule has 9 heteroatoms. The summed E-state index contributed by atoms with van der Waals surface area (Å²) in [6.45, 7) is 7.86. The van der Waals surface area contributed by atoms with Crippen molar-refractivity contribution in [2.75, 3.05) is 23.3 Å². The average Bonchev–Trinajstić information content (AvgIpc) is 2.93. The van der Waals surface area contributed by atoms with Gasteiger partial charge in [-0.3, -0.25) is 14.9 Å². The van der Waals surface area contributed by atoms with Gasteiger partial charge in [0.2, 0.25) is 5.91 Å². The molecule has 2 amide bonds. The summed E-state index contributed by atoms with van der Waals surface area (Å²) in [4.78, 5) is 35.7. The predicted octanol–water partition coefficient (Wildman–Crippen LogP) is 2.66. The van der Waals surface area contributed by atoms with Crippen molar-refractivity contribution in [2.24, 2.45) is 0 Å². The van der Waals surface area contributed by atoms with Crippen LogP contribution in [0, 0.1) is 10.1 Å². The van der Waals surface area contributed by atoms with Crippen LogP contribution in [-0.4, -0.2) is 41.7 Å². The van der Waals surface area contributed by atoms with Gasteiger partial charge in [0.15, 0.2) is 0 Å². The number of ether oxygens (including phenoxy) is 1. The van der Waals surface area contributed by atoms with Crippen molar-refractivity contribution in [3.63, 3.8) is 0 Å². The molecule has 1 aromatic rings. The molecule has 2 rings (SSSR count). The number of amides is 2. The number of carbonyl (C=O) groups is 2. The monoisotopic (exact) mass is 364 g/mol. The predicted molar refractivity (Wildman–Crippen MR) is 97.4 cm³/mol. The Morgan fingerprint density at radius 1 is 1.35 bits per heavy atom. The maximum Gasteiger partial charge on any atom is 0.407 e. The highest BCUT2D eigenvalue weighted by atomic mass is 16.6. The van der Waals surface area contributed by atoms with Gasteiger partial charge < -0.3 is 20.3 Å². The topological polar surface area (TPSA) is 114 Å². The van der Waals surface area contributed by atoms with Crippen LogP contribution >= 0.6 is 0 Å². The molecule has 1 saturated heterocycles. The van der Waals surface area contributed by atoms with E-state index in [4.69, 9.17) is 4.74 Å². The minimum atomic E-state index is -0.567. The van der Waals surface area contributed by atoms with E-state index in [1.165, 1.54) is 19.1 Å². The van der Waals surface area contributed by atoms with Crippen molar-refractivity contribution in [1.82, 2.24) is 5.32 Å². The minimum absolute atomic E-state index is 0.0982. The summed E-state index contributed by atoms with van der Waals surface area (Å²) in [6, 6.07) is 4.57. The fourth-order valence-corrected chi connectivity index (χ4v) is 2.75. The highest BCUT2D eigenvalue weighted by Crippen LogP contribution is 2.31. The molecule has 1 aliphatic heterocycles. The summed E-state index contributed by atoms with van der Waals surface area (Å²) in [5.41, 5.74) is 0.0946. The third-order valence-corrected chi connectivity index (χ3v) is 3.76. The van der Waals surface area contributed by atoms with Gasteiger partial charge in [0, 0.05) is 31.8 Å². The number of alkyl carbamates (subject to hydrolysis) is 1. The number of benzene rings is 1. The summed E-state index contributed by atoms with van der Waals surface area (Å²) in [7, 11) is 0. The SMILES string of the molecule is CC(=O)Nc1ccc(N2CC[C@@H](NC(=O)OC(C)(C)C)C2)cc1[N+](=O)[O-]. The highest BCUT2D eigenvalue weighted by molar-refractivity contribution is 5.91. The minimum Gasteiger partial charge on any atom is -0.444 e. The number of rotatable bonds is 4. The second kappa shape index (κ2) is 7.59. The molecule has 142 valence electrons. The summed E-state index contributed by atoms with van der Waals surface area (Å²) in [5.74, 6) is -0.372. The van der Waals surface area contributed by atoms with Gasteiger partial charge in [0.1, 0.15) is 11.3 Å². The third kappa shape index (κ3) is 5.33. The molecule has 1 atom stereocenters. The molecule has 1 aliphatic rings. The molecule has 9 nitrogen and oxygen atoms in total. The molecule has 0 aliphatic carbocycles. The molecule has 0 spiro atoms. The van der Waals surface area contributed by atoms with Crippen LogP contribution in [0.5, 0.6) is 0 Å². The van der Waals surface area contributed by atoms with E-state index in [2.05, 4.69) is 10.6 Å². The zero-order valence-corrected chi connectivity index (χ0v) is 15.4. The molecule has 1 fully saturated rings. The van der Waals surface area contributed by atoms with Gasteiger partial charge in [-0.25, -0.2) is 4.79 Å². The van der Waals surface area contributed by atoms with Gasteiger partial charge in [0.05, 0.1) is 11.0 Å². The van der Waals surface area contributed by atoms with Crippen LogP contribution in [0.4, 0.5) is 21.9 Å². The Morgan fingerprint density at radius 2 is 2.04 bits per heavy atom. The second-order valence-electron chi connectivity index (χ2n) is 7.22. The standard InChI is InChI=1S/C17H24N4O5/c1-11(22)18-14-6-5-13(9-15(14)21(24)25)20-8-7-12(10-20)19-16(23)26-17(2,3)4/h5-6,9,12H,7-8,10H2,1-4H3,(H,18,22)(H,19,23)/t12-/m1/s1. The lowest BCUT2D eigenvalue weighted by molar-refractivity contribution is -0.383. The van der Waals surface area contributed by atoms with E-state index in [-0.39, 0.29) is 23.3 Å². The molecule has 0 bridgehead atoms. The first-order valence-corrected chi connectivity index (χ1v) is 8.35. The highest BCUT2D eigenvalue weighted by Gasteiger charge is 2.27. The number of hydrogen-bond acceptors (Lipinski definition) is 6. The summed E-state index contributed by atoms with van der Waals surface area (Å²) < 4.78 is 5.25. The van der Waals surface area contributed by atoms with Gasteiger partial charge in [-0.15, -0.1) is 0 Å². The zero-order valence-electron chi connectivity index (χ0n) is 15.4. The molecule has 0 saturated carbocycles. The van der Waals surface area contributed by atoms with Crippen LogP contribution in [-0.2, 0) is 9.53 Å². The first-order chi connectivity index (χ1) is 12.0. The second-order valence-corrected chi connectivity index (χ2v) is 7.22. The molecular weight excluding hydrogens is 340 g/mol. The Morgan fingerprint density at radius 3 is 2.62 bits per heavy atom. The Balaban J connectivity index is 2.06. The number of carbonyl (C=O) groups excluding carboxylic acids is 2. The molecule has 26 heavy (non-hydrogen) atoms. The van der Waals surface area contributed by atoms with Crippen LogP contribution in [0.3, 0.4) is 0 Å². The normalized spacial score (nSPS) is 16.9. The first-order valence-electron chi connectivity index (χ1n) is 8.35. The number of nitrogens with zero attached hydrogens (tertiary/aromatic N) is 2. The fourth-order valence-electron chi connectivity index (χ4n) is 2.75. The van der Waals surface area contributed by atoms with E-state index in [1.54, 1.807) is 26.8 Å². The maximum atomic E-state index is 11.9. The van der Waals surface area contributed by atoms with Crippen molar-refractivity contribution in [3.8, 4) is 0 Å². The molecule has 2 N–H and O–H groups in total. The van der Waals surface area contributed by atoms with Crippen molar-refractivity contribution in [1.29, 1.82) is 0 Å². The van der Waals surface area contributed by atoms with Crippen molar-refractivity contribution < 1.29 is 19.2 Å². The lowest BCUT2D eigenvalue weighted by Crippen LogP contribution is -2.40. The average molecular weight is 364 g/mol. The fraction of sp³-hybridized carbons (Fsp3) is 0.529. The molecule has 1 heterocycles. The number of nitro groups is 1. The van der Waals surface area contributed by atoms with E-state index in [1.807, 2.05) is 4.90 Å². The Bertz CT molecular complexity index is 714. The van der Waals surface area contributed by atoms with Crippen molar-refractivity contribution in [3.05, 3.63) is 28.3 Å². The Labute approximate surface area is 151 Å². The van der Waals surface area contributed by atoms with E-state index < -0.39 is 16.6 Å². The first kappa shape index (κ1) is 19.5.